The number of ether oxygens (including phenoxy) is 2. The third-order valence-electron chi connectivity index (χ3n) is 8.62. The molecule has 0 saturated carbocycles. The van der Waals surface area contributed by atoms with E-state index in [0.29, 0.717) is 36.3 Å². The first-order valence-electron chi connectivity index (χ1n) is 14.8. The van der Waals surface area contributed by atoms with Crippen molar-refractivity contribution in [3.63, 3.8) is 0 Å². The van der Waals surface area contributed by atoms with Crippen molar-refractivity contribution in [2.75, 3.05) is 39.4 Å². The smallest absolute Gasteiger partial charge is 0.416 e. The maximum atomic E-state index is 13.6. The van der Waals surface area contributed by atoms with Crippen molar-refractivity contribution >= 4 is 41.4 Å². The van der Waals surface area contributed by atoms with Crippen LogP contribution in [0.5, 0.6) is 11.5 Å². The molecule has 1 amide bonds. The second-order valence-electron chi connectivity index (χ2n) is 11.6. The third kappa shape index (κ3) is 6.20. The van der Waals surface area contributed by atoms with Gasteiger partial charge in [-0.15, -0.1) is 11.6 Å². The highest BCUT2D eigenvalue weighted by Crippen LogP contribution is 2.35. The molecule has 1 fully saturated rings. The summed E-state index contributed by atoms with van der Waals surface area (Å²) in [5.41, 5.74) is 3.16. The van der Waals surface area contributed by atoms with Gasteiger partial charge in [-0.1, -0.05) is 42.8 Å². The Hall–Kier alpha value is -2.97. The number of aromatic nitrogens is 1. The summed E-state index contributed by atoms with van der Waals surface area (Å²) in [5, 5.41) is 12.1. The van der Waals surface area contributed by atoms with Crippen LogP contribution in [0.3, 0.4) is 0 Å². The highest BCUT2D eigenvalue weighted by molar-refractivity contribution is 6.30. The Morgan fingerprint density at radius 1 is 1.07 bits per heavy atom. The fraction of sp³-hybridized carbons (Fsp3) is 0.424. The summed E-state index contributed by atoms with van der Waals surface area (Å²) >= 11 is 12.7. The maximum absolute atomic E-state index is 13.6. The first-order valence-corrected chi connectivity index (χ1v) is 15.6. The number of rotatable bonds is 8. The van der Waals surface area contributed by atoms with Crippen LogP contribution in [0.15, 0.2) is 48.5 Å². The van der Waals surface area contributed by atoms with E-state index in [0.717, 1.165) is 60.1 Å². The van der Waals surface area contributed by atoms with Gasteiger partial charge in [0.2, 0.25) is 0 Å². The highest BCUT2D eigenvalue weighted by Gasteiger charge is 2.36. The van der Waals surface area contributed by atoms with Gasteiger partial charge in [0.15, 0.2) is 0 Å². The molecule has 0 bridgehead atoms. The number of aliphatic hydroxyl groups excluding tert-OH is 1. The fourth-order valence-corrected chi connectivity index (χ4v) is 6.62. The minimum atomic E-state index is -0.414. The Balaban J connectivity index is 1.22. The third-order valence-corrected chi connectivity index (χ3v) is 9.40. The zero-order chi connectivity index (χ0) is 29.2. The van der Waals surface area contributed by atoms with Crippen LogP contribution in [-0.4, -0.2) is 70.8 Å². The van der Waals surface area contributed by atoms with Crippen molar-refractivity contribution in [1.29, 1.82) is 0 Å². The van der Waals surface area contributed by atoms with Crippen molar-refractivity contribution in [3.05, 3.63) is 80.9 Å². The number of hydrogen-bond acceptors (Lipinski definition) is 5. The van der Waals surface area contributed by atoms with Crippen LogP contribution in [0.1, 0.15) is 42.6 Å². The topological polar surface area (TPSA) is 78.0 Å². The van der Waals surface area contributed by atoms with E-state index in [1.54, 1.807) is 29.2 Å². The van der Waals surface area contributed by atoms with Crippen LogP contribution in [0.4, 0.5) is 4.79 Å². The van der Waals surface area contributed by atoms with Crippen LogP contribution in [-0.2, 0) is 6.42 Å². The fourth-order valence-electron chi connectivity index (χ4n) is 6.30. The lowest BCUT2D eigenvalue weighted by Gasteiger charge is -2.35. The summed E-state index contributed by atoms with van der Waals surface area (Å²) in [6.45, 7) is 6.50. The number of nitrogens with one attached hydrogen (secondary N) is 1. The van der Waals surface area contributed by atoms with Gasteiger partial charge in [0.1, 0.15) is 17.5 Å². The molecule has 4 unspecified atom stereocenters. The standard InChI is InChI=1S/C33H37Cl2N3O4/c1-21-17-30-28(18-29(21)35)27-12-15-38(33(40)42-26-9-5-24(34)6-10-26)32(31(27)36-30)23-3-7-25(8-4-23)41-16-2-13-37-14-11-22(19-37)20-39/h3-10,17-18,21-22,29,32,36,39H,2,11-16,19-20H2,1H3. The Bertz CT molecular complexity index is 1520. The SMILES string of the molecule is CC1C=c2[nH]c3c(c2=CC1Cl)CCN(C(=O)Oc1ccc(Cl)cc1)C3c1ccc(OCCCN2CCC(CO)C2)cc1. The van der Waals surface area contributed by atoms with Gasteiger partial charge in [-0.3, -0.25) is 4.90 Å². The van der Waals surface area contributed by atoms with E-state index in [1.807, 2.05) is 24.3 Å². The molecule has 2 N–H and O–H groups in total. The number of amides is 1. The molecule has 2 aromatic carbocycles. The molecule has 222 valence electrons. The van der Waals surface area contributed by atoms with Crippen LogP contribution >= 0.6 is 23.2 Å². The minimum absolute atomic E-state index is 0.0678. The van der Waals surface area contributed by atoms with Gasteiger partial charge in [-0.25, -0.2) is 4.79 Å². The number of benzene rings is 2. The highest BCUT2D eigenvalue weighted by atomic mass is 35.5. The molecule has 0 radical (unpaired) electrons. The molecule has 2 aliphatic heterocycles. The number of aromatic amines is 1. The summed E-state index contributed by atoms with van der Waals surface area (Å²) in [5.74, 6) is 1.86. The van der Waals surface area contributed by atoms with Gasteiger partial charge >= 0.3 is 6.09 Å². The van der Waals surface area contributed by atoms with E-state index in [4.69, 9.17) is 32.7 Å². The number of halogens is 2. The van der Waals surface area contributed by atoms with Crippen LogP contribution < -0.4 is 20.0 Å². The largest absolute Gasteiger partial charge is 0.494 e. The molecule has 7 nitrogen and oxygen atoms in total. The molecule has 42 heavy (non-hydrogen) atoms. The molecule has 1 saturated heterocycles. The zero-order valence-corrected chi connectivity index (χ0v) is 25.3. The molecule has 4 atom stereocenters. The van der Waals surface area contributed by atoms with Crippen molar-refractivity contribution < 1.29 is 19.4 Å². The number of carbonyl (C=O) groups excluding carboxylic acids is 1. The van der Waals surface area contributed by atoms with Crippen LogP contribution in [0, 0.1) is 11.8 Å². The Morgan fingerprint density at radius 2 is 1.83 bits per heavy atom. The lowest BCUT2D eigenvalue weighted by Crippen LogP contribution is -2.43. The molecular weight excluding hydrogens is 573 g/mol. The second-order valence-corrected chi connectivity index (χ2v) is 12.5. The van der Waals surface area contributed by atoms with Gasteiger partial charge in [0.25, 0.3) is 0 Å². The second kappa shape index (κ2) is 12.7. The van der Waals surface area contributed by atoms with E-state index in [2.05, 4.69) is 29.0 Å². The minimum Gasteiger partial charge on any atom is -0.494 e. The van der Waals surface area contributed by atoms with Gasteiger partial charge in [0, 0.05) is 47.5 Å². The number of fused-ring (bicyclic) bond motifs is 3. The molecule has 9 heteroatoms. The molecule has 1 aromatic heterocycles. The Kier molecular flexibility index (Phi) is 8.82. The summed E-state index contributed by atoms with van der Waals surface area (Å²) in [4.78, 5) is 21.4. The number of likely N-dealkylation sites (tertiary alicyclic amines) is 1. The average Bonchev–Trinajstić information content (AvgIpc) is 3.61. The number of alkyl halides is 1. The van der Waals surface area contributed by atoms with Gasteiger partial charge in [0.05, 0.1) is 12.0 Å². The van der Waals surface area contributed by atoms with E-state index in [-0.39, 0.29) is 23.9 Å². The van der Waals surface area contributed by atoms with Crippen molar-refractivity contribution in [1.82, 2.24) is 14.8 Å². The quantitative estimate of drug-likeness (QED) is 0.285. The summed E-state index contributed by atoms with van der Waals surface area (Å²) in [6.07, 6.45) is 6.60. The first kappa shape index (κ1) is 29.1. The molecule has 3 aromatic rings. The van der Waals surface area contributed by atoms with Crippen molar-refractivity contribution in [2.24, 2.45) is 11.8 Å². The number of carbonyl (C=O) groups is 1. The Morgan fingerprint density at radius 3 is 2.57 bits per heavy atom. The number of hydrogen-bond donors (Lipinski definition) is 2. The van der Waals surface area contributed by atoms with Gasteiger partial charge < -0.3 is 24.5 Å². The van der Waals surface area contributed by atoms with E-state index < -0.39 is 6.09 Å². The van der Waals surface area contributed by atoms with Gasteiger partial charge in [-0.05, 0) is 85.2 Å². The van der Waals surface area contributed by atoms with Crippen LogP contribution in [0.25, 0.3) is 12.2 Å². The Labute approximate surface area is 256 Å². The summed E-state index contributed by atoms with van der Waals surface area (Å²) in [6, 6.07) is 14.5. The predicted octanol–water partition coefficient (Wildman–Crippen LogP) is 4.72. The maximum Gasteiger partial charge on any atom is 0.416 e. The molecule has 3 aliphatic rings. The molecule has 6 rings (SSSR count). The van der Waals surface area contributed by atoms with E-state index >= 15 is 0 Å². The zero-order valence-electron chi connectivity index (χ0n) is 23.8. The molecule has 3 heterocycles. The molecule has 1 aliphatic carbocycles. The lowest BCUT2D eigenvalue weighted by atomic mass is 9.92. The van der Waals surface area contributed by atoms with Crippen molar-refractivity contribution in [3.8, 4) is 11.5 Å². The van der Waals surface area contributed by atoms with E-state index in [1.165, 1.54) is 5.56 Å². The van der Waals surface area contributed by atoms with Crippen LogP contribution in [0.2, 0.25) is 5.02 Å². The number of aliphatic hydroxyl groups is 1. The first-order chi connectivity index (χ1) is 20.4. The summed E-state index contributed by atoms with van der Waals surface area (Å²) < 4.78 is 11.9. The monoisotopic (exact) mass is 609 g/mol. The molecule has 0 spiro atoms. The lowest BCUT2D eigenvalue weighted by molar-refractivity contribution is 0.135. The molecular formula is C33H37Cl2N3O4. The normalized spacial score (nSPS) is 23.5. The van der Waals surface area contributed by atoms with E-state index in [9.17, 15) is 9.90 Å². The summed E-state index contributed by atoms with van der Waals surface area (Å²) in [7, 11) is 0. The van der Waals surface area contributed by atoms with Gasteiger partial charge in [-0.2, -0.15) is 0 Å². The number of nitrogens with zero attached hydrogens (tertiary/aromatic N) is 2. The number of H-pyrrole nitrogens is 1. The average molecular weight is 611 g/mol. The predicted molar refractivity (Wildman–Crippen MR) is 166 cm³/mol. The van der Waals surface area contributed by atoms with Crippen molar-refractivity contribution in [2.45, 2.75) is 37.6 Å².